The molecule has 0 amide bonds. The molecule has 1 unspecified atom stereocenters. The lowest BCUT2D eigenvalue weighted by Crippen LogP contribution is -2.07. The number of H-pyrrole nitrogens is 1. The van der Waals surface area contributed by atoms with Crippen molar-refractivity contribution in [1.29, 1.82) is 0 Å². The molecule has 0 aliphatic rings. The second-order valence-electron chi connectivity index (χ2n) is 4.69. The number of halogens is 2. The lowest BCUT2D eigenvalue weighted by Gasteiger charge is -2.15. The van der Waals surface area contributed by atoms with Gasteiger partial charge in [0.2, 0.25) is 0 Å². The fourth-order valence-corrected chi connectivity index (χ4v) is 2.77. The third kappa shape index (κ3) is 2.14. The minimum absolute atomic E-state index is 0.141. The summed E-state index contributed by atoms with van der Waals surface area (Å²) in [5.74, 6) is -0.605. The second-order valence-corrected chi connectivity index (χ2v) is 5.08. The number of hydrogen-bond donors (Lipinski definition) is 1. The Morgan fingerprint density at radius 3 is 2.60 bits per heavy atom. The fourth-order valence-electron chi connectivity index (χ4n) is 2.40. The van der Waals surface area contributed by atoms with Crippen molar-refractivity contribution in [3.8, 4) is 0 Å². The van der Waals surface area contributed by atoms with E-state index >= 15 is 0 Å². The number of imidazole rings is 1. The van der Waals surface area contributed by atoms with E-state index in [0.717, 1.165) is 11.1 Å². The third-order valence-electron chi connectivity index (χ3n) is 3.40. The summed E-state index contributed by atoms with van der Waals surface area (Å²) in [4.78, 5) is 2.98. The van der Waals surface area contributed by atoms with Crippen LogP contribution in [0.2, 0.25) is 0 Å². The first-order chi connectivity index (χ1) is 9.56. The molecule has 1 atom stereocenters. The highest BCUT2D eigenvalue weighted by molar-refractivity contribution is 7.71. The van der Waals surface area contributed by atoms with E-state index in [2.05, 4.69) is 4.98 Å². The topological polar surface area (TPSA) is 20.7 Å². The number of nitrogens with one attached hydrogen (secondary N) is 1. The van der Waals surface area contributed by atoms with Gasteiger partial charge < -0.3 is 9.55 Å². The Hall–Kier alpha value is -2.01. The van der Waals surface area contributed by atoms with E-state index in [4.69, 9.17) is 12.2 Å². The smallest absolute Gasteiger partial charge is 0.178 e. The Morgan fingerprint density at radius 2 is 1.85 bits per heavy atom. The van der Waals surface area contributed by atoms with Gasteiger partial charge in [0.15, 0.2) is 4.77 Å². The standard InChI is InChI=1S/C15H12F2N2S/c1-9(10-3-2-4-11(16)7-10)19-14-6-5-12(17)8-13(14)18-15(19)20/h2-9H,1H3,(H,18,20). The maximum atomic E-state index is 13.3. The van der Waals surface area contributed by atoms with Crippen molar-refractivity contribution in [3.63, 3.8) is 0 Å². The van der Waals surface area contributed by atoms with E-state index < -0.39 is 0 Å². The Balaban J connectivity index is 2.19. The van der Waals surface area contributed by atoms with Crippen LogP contribution >= 0.6 is 12.2 Å². The predicted octanol–water partition coefficient (Wildman–Crippen LogP) is 4.59. The monoisotopic (exact) mass is 290 g/mol. The molecule has 3 rings (SSSR count). The first-order valence-corrected chi connectivity index (χ1v) is 6.62. The van der Waals surface area contributed by atoms with Crippen molar-refractivity contribution in [1.82, 2.24) is 9.55 Å². The highest BCUT2D eigenvalue weighted by atomic mass is 32.1. The normalized spacial score (nSPS) is 12.8. The van der Waals surface area contributed by atoms with Gasteiger partial charge in [-0.1, -0.05) is 12.1 Å². The van der Waals surface area contributed by atoms with Crippen LogP contribution in [0, 0.1) is 16.4 Å². The van der Waals surface area contributed by atoms with Gasteiger partial charge in [-0.05, 0) is 55.0 Å². The molecule has 20 heavy (non-hydrogen) atoms. The van der Waals surface area contributed by atoms with Gasteiger partial charge in [0.25, 0.3) is 0 Å². The number of nitrogens with zero attached hydrogens (tertiary/aromatic N) is 1. The molecule has 102 valence electrons. The summed E-state index contributed by atoms with van der Waals surface area (Å²) >= 11 is 5.30. The summed E-state index contributed by atoms with van der Waals surface area (Å²) in [6.45, 7) is 1.93. The maximum Gasteiger partial charge on any atom is 0.178 e. The molecule has 0 bridgehead atoms. The lowest BCUT2D eigenvalue weighted by molar-refractivity contribution is 0.607. The molecular weight excluding hydrogens is 278 g/mol. The molecule has 1 heterocycles. The predicted molar refractivity (Wildman–Crippen MR) is 77.3 cm³/mol. The minimum Gasteiger partial charge on any atom is -0.330 e. The van der Waals surface area contributed by atoms with Gasteiger partial charge in [0.1, 0.15) is 11.6 Å². The van der Waals surface area contributed by atoms with Gasteiger partial charge in [-0.2, -0.15) is 0 Å². The molecule has 1 N–H and O–H groups in total. The lowest BCUT2D eigenvalue weighted by atomic mass is 10.1. The Morgan fingerprint density at radius 1 is 1.10 bits per heavy atom. The van der Waals surface area contributed by atoms with Crippen LogP contribution in [0.15, 0.2) is 42.5 Å². The zero-order valence-electron chi connectivity index (χ0n) is 10.7. The Labute approximate surface area is 119 Å². The summed E-state index contributed by atoms with van der Waals surface area (Å²) in [5.41, 5.74) is 2.25. The van der Waals surface area contributed by atoms with E-state index in [-0.39, 0.29) is 17.7 Å². The summed E-state index contributed by atoms with van der Waals surface area (Å²) in [6.07, 6.45) is 0. The molecule has 0 spiro atoms. The van der Waals surface area contributed by atoms with E-state index in [9.17, 15) is 8.78 Å². The highest BCUT2D eigenvalue weighted by Gasteiger charge is 2.14. The Kier molecular flexibility index (Phi) is 3.14. The quantitative estimate of drug-likeness (QED) is 0.685. The third-order valence-corrected chi connectivity index (χ3v) is 3.70. The Bertz CT molecular complexity index is 835. The number of aromatic amines is 1. The zero-order valence-corrected chi connectivity index (χ0v) is 11.5. The highest BCUT2D eigenvalue weighted by Crippen LogP contribution is 2.25. The molecule has 0 radical (unpaired) electrons. The van der Waals surface area contributed by atoms with Crippen molar-refractivity contribution >= 4 is 23.3 Å². The SMILES string of the molecule is CC(c1cccc(F)c1)n1c(=S)[nH]c2cc(F)ccc21. The summed E-state index contributed by atoms with van der Waals surface area (Å²) in [5, 5.41) is 0. The average Bonchev–Trinajstić information content (AvgIpc) is 2.73. The van der Waals surface area contributed by atoms with E-state index in [1.165, 1.54) is 24.3 Å². The number of rotatable bonds is 2. The molecule has 2 aromatic carbocycles. The van der Waals surface area contributed by atoms with Crippen LogP contribution < -0.4 is 0 Å². The molecule has 2 nitrogen and oxygen atoms in total. The minimum atomic E-state index is -0.320. The molecule has 1 aromatic heterocycles. The van der Waals surface area contributed by atoms with Gasteiger partial charge in [-0.3, -0.25) is 0 Å². The molecular formula is C15H12F2N2S. The van der Waals surface area contributed by atoms with E-state index in [1.54, 1.807) is 12.1 Å². The first-order valence-electron chi connectivity index (χ1n) is 6.21. The van der Waals surface area contributed by atoms with Crippen LogP contribution in [0.3, 0.4) is 0 Å². The first kappa shape index (κ1) is 13.0. The van der Waals surface area contributed by atoms with Crippen molar-refractivity contribution in [2.24, 2.45) is 0 Å². The molecule has 0 saturated heterocycles. The number of fused-ring (bicyclic) bond motifs is 1. The van der Waals surface area contributed by atoms with Gasteiger partial charge in [0, 0.05) is 0 Å². The molecule has 0 aliphatic carbocycles. The molecule has 5 heteroatoms. The van der Waals surface area contributed by atoms with Crippen LogP contribution in [0.4, 0.5) is 8.78 Å². The number of hydrogen-bond acceptors (Lipinski definition) is 1. The van der Waals surface area contributed by atoms with Gasteiger partial charge in [-0.25, -0.2) is 8.78 Å². The van der Waals surface area contributed by atoms with Gasteiger partial charge >= 0.3 is 0 Å². The maximum absolute atomic E-state index is 13.3. The summed E-state index contributed by atoms with van der Waals surface area (Å²) < 4.78 is 28.9. The van der Waals surface area contributed by atoms with E-state index in [1.807, 2.05) is 17.6 Å². The van der Waals surface area contributed by atoms with Crippen LogP contribution in [-0.2, 0) is 0 Å². The van der Waals surface area contributed by atoms with Crippen LogP contribution in [0.1, 0.15) is 18.5 Å². The van der Waals surface area contributed by atoms with Crippen molar-refractivity contribution in [2.75, 3.05) is 0 Å². The molecule has 0 fully saturated rings. The van der Waals surface area contributed by atoms with Crippen molar-refractivity contribution < 1.29 is 8.78 Å². The molecule has 3 aromatic rings. The zero-order chi connectivity index (χ0) is 14.3. The summed E-state index contributed by atoms with van der Waals surface area (Å²) in [6, 6.07) is 10.7. The summed E-state index contributed by atoms with van der Waals surface area (Å²) in [7, 11) is 0. The number of aromatic nitrogens is 2. The van der Waals surface area contributed by atoms with Gasteiger partial charge in [-0.15, -0.1) is 0 Å². The van der Waals surface area contributed by atoms with E-state index in [0.29, 0.717) is 10.3 Å². The second kappa shape index (κ2) is 4.83. The number of benzene rings is 2. The van der Waals surface area contributed by atoms with Gasteiger partial charge in [0.05, 0.1) is 17.1 Å². The average molecular weight is 290 g/mol. The van der Waals surface area contributed by atoms with Crippen LogP contribution in [0.5, 0.6) is 0 Å². The van der Waals surface area contributed by atoms with Crippen molar-refractivity contribution in [2.45, 2.75) is 13.0 Å². The van der Waals surface area contributed by atoms with Crippen LogP contribution in [-0.4, -0.2) is 9.55 Å². The van der Waals surface area contributed by atoms with Crippen LogP contribution in [0.25, 0.3) is 11.0 Å². The largest absolute Gasteiger partial charge is 0.330 e. The molecule has 0 saturated carbocycles. The molecule has 0 aliphatic heterocycles. The van der Waals surface area contributed by atoms with Crippen molar-refractivity contribution in [3.05, 3.63) is 64.4 Å². The fraction of sp³-hybridized carbons (Fsp3) is 0.133.